The highest BCUT2D eigenvalue weighted by atomic mass is 16.2. The molecule has 0 radical (unpaired) electrons. The van der Waals surface area contributed by atoms with Gasteiger partial charge in [-0.25, -0.2) is 0 Å². The zero-order chi connectivity index (χ0) is 15.7. The number of hydrogen-bond acceptors (Lipinski definition) is 3. The molecule has 0 aromatic heterocycles. The number of amides is 2. The minimum Gasteiger partial charge on any atom is -0.355 e. The molecule has 0 unspecified atom stereocenters. The van der Waals surface area contributed by atoms with Gasteiger partial charge in [0.2, 0.25) is 5.91 Å². The first-order chi connectivity index (χ1) is 10.0. The summed E-state index contributed by atoms with van der Waals surface area (Å²) in [7, 11) is 5.60. The SMILES string of the molecule is CNC(=O)c1ccc(/C=C/C(=O)NCCCN(C)C)cc1. The highest BCUT2D eigenvalue weighted by Gasteiger charge is 2.01. The van der Waals surface area contributed by atoms with Crippen LogP contribution in [-0.2, 0) is 4.79 Å². The van der Waals surface area contributed by atoms with Gasteiger partial charge in [0, 0.05) is 25.2 Å². The van der Waals surface area contributed by atoms with E-state index >= 15 is 0 Å². The summed E-state index contributed by atoms with van der Waals surface area (Å²) in [4.78, 5) is 25.1. The maximum absolute atomic E-state index is 11.6. The number of benzene rings is 1. The van der Waals surface area contributed by atoms with E-state index in [-0.39, 0.29) is 11.8 Å². The van der Waals surface area contributed by atoms with Gasteiger partial charge in [-0.1, -0.05) is 12.1 Å². The molecule has 0 bridgehead atoms. The van der Waals surface area contributed by atoms with Crippen molar-refractivity contribution < 1.29 is 9.59 Å². The van der Waals surface area contributed by atoms with E-state index in [1.54, 1.807) is 37.4 Å². The van der Waals surface area contributed by atoms with Gasteiger partial charge in [-0.2, -0.15) is 0 Å². The van der Waals surface area contributed by atoms with E-state index in [9.17, 15) is 9.59 Å². The van der Waals surface area contributed by atoms with Crippen molar-refractivity contribution in [2.75, 3.05) is 34.2 Å². The lowest BCUT2D eigenvalue weighted by Gasteiger charge is -2.08. The quantitative estimate of drug-likeness (QED) is 0.584. The van der Waals surface area contributed by atoms with Crippen molar-refractivity contribution in [2.45, 2.75) is 6.42 Å². The number of carbonyl (C=O) groups is 2. The van der Waals surface area contributed by atoms with Crippen LogP contribution in [-0.4, -0.2) is 50.9 Å². The van der Waals surface area contributed by atoms with Crippen LogP contribution in [0.5, 0.6) is 0 Å². The van der Waals surface area contributed by atoms with Gasteiger partial charge in [0.1, 0.15) is 0 Å². The Morgan fingerprint density at radius 3 is 2.43 bits per heavy atom. The Bertz CT molecular complexity index is 493. The standard InChI is InChI=1S/C16H23N3O2/c1-17-16(21)14-8-5-13(6-9-14)7-10-15(20)18-11-4-12-19(2)3/h5-10H,4,11-12H2,1-3H3,(H,17,21)(H,18,20)/b10-7+. The largest absolute Gasteiger partial charge is 0.355 e. The monoisotopic (exact) mass is 289 g/mol. The maximum atomic E-state index is 11.6. The van der Waals surface area contributed by atoms with E-state index < -0.39 is 0 Å². The first kappa shape index (κ1) is 16.9. The zero-order valence-electron chi connectivity index (χ0n) is 12.8. The average Bonchev–Trinajstić information content (AvgIpc) is 2.49. The molecule has 0 heterocycles. The normalized spacial score (nSPS) is 10.9. The van der Waals surface area contributed by atoms with Gasteiger partial charge in [0.15, 0.2) is 0 Å². The summed E-state index contributed by atoms with van der Waals surface area (Å²) in [5.41, 5.74) is 1.48. The molecule has 0 saturated carbocycles. The van der Waals surface area contributed by atoms with Gasteiger partial charge in [0.05, 0.1) is 0 Å². The number of carbonyl (C=O) groups excluding carboxylic acids is 2. The van der Waals surface area contributed by atoms with E-state index in [0.717, 1.165) is 18.5 Å². The molecule has 1 aromatic carbocycles. The number of rotatable bonds is 7. The Morgan fingerprint density at radius 2 is 1.86 bits per heavy atom. The lowest BCUT2D eigenvalue weighted by Crippen LogP contribution is -2.25. The molecule has 1 rings (SSSR count). The van der Waals surface area contributed by atoms with Crippen LogP contribution >= 0.6 is 0 Å². The first-order valence-corrected chi connectivity index (χ1v) is 6.95. The molecular weight excluding hydrogens is 266 g/mol. The van der Waals surface area contributed by atoms with E-state index in [2.05, 4.69) is 15.5 Å². The van der Waals surface area contributed by atoms with Crippen LogP contribution in [0.2, 0.25) is 0 Å². The van der Waals surface area contributed by atoms with E-state index in [0.29, 0.717) is 12.1 Å². The molecule has 0 spiro atoms. The first-order valence-electron chi connectivity index (χ1n) is 6.95. The van der Waals surface area contributed by atoms with E-state index in [1.165, 1.54) is 6.08 Å². The Hall–Kier alpha value is -2.14. The summed E-state index contributed by atoms with van der Waals surface area (Å²) in [6.45, 7) is 1.61. The predicted molar refractivity (Wildman–Crippen MR) is 85.0 cm³/mol. The lowest BCUT2D eigenvalue weighted by atomic mass is 10.1. The molecular formula is C16H23N3O2. The summed E-state index contributed by atoms with van der Waals surface area (Å²) in [5.74, 6) is -0.228. The summed E-state index contributed by atoms with van der Waals surface area (Å²) in [5, 5.41) is 5.39. The Kier molecular flexibility index (Phi) is 7.18. The summed E-state index contributed by atoms with van der Waals surface area (Å²) < 4.78 is 0. The highest BCUT2D eigenvalue weighted by molar-refractivity contribution is 5.94. The molecule has 5 heteroatoms. The van der Waals surface area contributed by atoms with Crippen LogP contribution < -0.4 is 10.6 Å². The smallest absolute Gasteiger partial charge is 0.251 e. The average molecular weight is 289 g/mol. The van der Waals surface area contributed by atoms with Crippen molar-refractivity contribution >= 4 is 17.9 Å². The number of nitrogens with one attached hydrogen (secondary N) is 2. The Labute approximate surface area is 126 Å². The maximum Gasteiger partial charge on any atom is 0.251 e. The van der Waals surface area contributed by atoms with Crippen molar-refractivity contribution in [2.24, 2.45) is 0 Å². The molecule has 0 saturated heterocycles. The molecule has 2 N–H and O–H groups in total. The lowest BCUT2D eigenvalue weighted by molar-refractivity contribution is -0.116. The fraction of sp³-hybridized carbons (Fsp3) is 0.375. The van der Waals surface area contributed by atoms with Gasteiger partial charge in [-0.3, -0.25) is 9.59 Å². The van der Waals surface area contributed by atoms with Crippen LogP contribution in [0.1, 0.15) is 22.3 Å². The van der Waals surface area contributed by atoms with Crippen molar-refractivity contribution in [3.8, 4) is 0 Å². The van der Waals surface area contributed by atoms with Crippen molar-refractivity contribution in [3.05, 3.63) is 41.5 Å². The van der Waals surface area contributed by atoms with Crippen molar-refractivity contribution in [3.63, 3.8) is 0 Å². The number of nitrogens with zero attached hydrogens (tertiary/aromatic N) is 1. The molecule has 5 nitrogen and oxygen atoms in total. The molecule has 0 atom stereocenters. The third kappa shape index (κ3) is 6.72. The van der Waals surface area contributed by atoms with Gasteiger partial charge in [0.25, 0.3) is 5.91 Å². The summed E-state index contributed by atoms with van der Waals surface area (Å²) >= 11 is 0. The molecule has 21 heavy (non-hydrogen) atoms. The molecule has 0 fully saturated rings. The van der Waals surface area contributed by atoms with E-state index in [4.69, 9.17) is 0 Å². The second-order valence-electron chi connectivity index (χ2n) is 4.98. The minimum atomic E-state index is -0.121. The van der Waals surface area contributed by atoms with Crippen LogP contribution in [0.4, 0.5) is 0 Å². The highest BCUT2D eigenvalue weighted by Crippen LogP contribution is 2.06. The second-order valence-corrected chi connectivity index (χ2v) is 4.98. The molecule has 114 valence electrons. The summed E-state index contributed by atoms with van der Waals surface area (Å²) in [6, 6.07) is 7.07. The molecule has 1 aromatic rings. The van der Waals surface area contributed by atoms with Crippen LogP contribution in [0.15, 0.2) is 30.3 Å². The fourth-order valence-corrected chi connectivity index (χ4v) is 1.73. The van der Waals surface area contributed by atoms with Crippen LogP contribution in [0.25, 0.3) is 6.08 Å². The third-order valence-electron chi connectivity index (χ3n) is 2.91. The van der Waals surface area contributed by atoms with E-state index in [1.807, 2.05) is 14.1 Å². The minimum absolute atomic E-state index is 0.107. The van der Waals surface area contributed by atoms with Crippen LogP contribution in [0.3, 0.4) is 0 Å². The molecule has 0 aliphatic carbocycles. The van der Waals surface area contributed by atoms with Crippen molar-refractivity contribution in [1.29, 1.82) is 0 Å². The molecule has 0 aliphatic heterocycles. The predicted octanol–water partition coefficient (Wildman–Crippen LogP) is 1.13. The molecule has 2 amide bonds. The van der Waals surface area contributed by atoms with Gasteiger partial charge in [-0.05, 0) is 50.8 Å². The van der Waals surface area contributed by atoms with Gasteiger partial charge in [-0.15, -0.1) is 0 Å². The molecule has 0 aliphatic rings. The fourth-order valence-electron chi connectivity index (χ4n) is 1.73. The topological polar surface area (TPSA) is 61.4 Å². The zero-order valence-corrected chi connectivity index (χ0v) is 12.8. The van der Waals surface area contributed by atoms with Gasteiger partial charge >= 0.3 is 0 Å². The third-order valence-corrected chi connectivity index (χ3v) is 2.91. The van der Waals surface area contributed by atoms with Gasteiger partial charge < -0.3 is 15.5 Å². The second kappa shape index (κ2) is 8.92. The Balaban J connectivity index is 2.41. The Morgan fingerprint density at radius 1 is 1.19 bits per heavy atom. The number of hydrogen-bond donors (Lipinski definition) is 2. The summed E-state index contributed by atoms with van der Waals surface area (Å²) in [6.07, 6.45) is 4.16. The van der Waals surface area contributed by atoms with Crippen LogP contribution in [0, 0.1) is 0 Å². The van der Waals surface area contributed by atoms with Crippen molar-refractivity contribution in [1.82, 2.24) is 15.5 Å².